The van der Waals surface area contributed by atoms with Gasteiger partial charge in [-0.25, -0.2) is 0 Å². The Bertz CT molecular complexity index is 509. The topological polar surface area (TPSA) is 40.5 Å². The van der Waals surface area contributed by atoms with E-state index in [1.165, 1.54) is 0 Å². The molecular weight excluding hydrogens is 224 g/mol. The summed E-state index contributed by atoms with van der Waals surface area (Å²) in [5.41, 5.74) is 2.66. The minimum absolute atomic E-state index is 0.00735. The number of halogens is 1. The number of aromatic hydroxyl groups is 1. The Labute approximate surface area is 98.7 Å². The van der Waals surface area contributed by atoms with E-state index in [0.29, 0.717) is 5.02 Å². The molecule has 0 aromatic heterocycles. The van der Waals surface area contributed by atoms with Gasteiger partial charge in [-0.3, -0.25) is 0 Å². The second-order valence-corrected chi connectivity index (χ2v) is 3.93. The monoisotopic (exact) mass is 234 g/mol. The van der Waals surface area contributed by atoms with Crippen LogP contribution in [-0.4, -0.2) is 10.2 Å². The van der Waals surface area contributed by atoms with Gasteiger partial charge in [-0.05, 0) is 34.9 Å². The molecule has 0 bridgehead atoms. The molecule has 0 aliphatic heterocycles. The SMILES string of the molecule is OCc1cccc(-c2ccc(Cl)c(O)c2)c1. The number of benzene rings is 2. The van der Waals surface area contributed by atoms with E-state index in [0.717, 1.165) is 16.7 Å². The predicted octanol–water partition coefficient (Wildman–Crippen LogP) is 3.20. The summed E-state index contributed by atoms with van der Waals surface area (Å²) in [5, 5.41) is 18.9. The van der Waals surface area contributed by atoms with E-state index >= 15 is 0 Å². The van der Waals surface area contributed by atoms with Crippen molar-refractivity contribution in [2.75, 3.05) is 0 Å². The van der Waals surface area contributed by atoms with Crippen LogP contribution in [0.25, 0.3) is 11.1 Å². The fourth-order valence-corrected chi connectivity index (χ4v) is 1.66. The van der Waals surface area contributed by atoms with E-state index in [1.807, 2.05) is 30.3 Å². The third-order valence-electron chi connectivity index (χ3n) is 2.39. The molecule has 0 unspecified atom stereocenters. The lowest BCUT2D eigenvalue weighted by Crippen LogP contribution is -1.84. The van der Waals surface area contributed by atoms with Crippen LogP contribution in [0.1, 0.15) is 5.56 Å². The summed E-state index contributed by atoms with van der Waals surface area (Å²) in [6, 6.07) is 12.6. The Morgan fingerprint density at radius 1 is 1.00 bits per heavy atom. The number of hydrogen-bond donors (Lipinski definition) is 2. The number of aliphatic hydroxyl groups excluding tert-OH is 1. The van der Waals surface area contributed by atoms with Gasteiger partial charge in [0.2, 0.25) is 0 Å². The van der Waals surface area contributed by atoms with Gasteiger partial charge in [-0.2, -0.15) is 0 Å². The first-order valence-electron chi connectivity index (χ1n) is 4.89. The van der Waals surface area contributed by atoms with Crippen molar-refractivity contribution in [2.45, 2.75) is 6.61 Å². The number of phenolic OH excluding ortho intramolecular Hbond substituents is 1. The van der Waals surface area contributed by atoms with Crippen LogP contribution >= 0.6 is 11.6 Å². The predicted molar refractivity (Wildman–Crippen MR) is 64.5 cm³/mol. The molecule has 2 N–H and O–H groups in total. The highest BCUT2D eigenvalue weighted by Gasteiger charge is 2.03. The molecule has 2 aromatic rings. The van der Waals surface area contributed by atoms with Crippen LogP contribution in [0.5, 0.6) is 5.75 Å². The second-order valence-electron chi connectivity index (χ2n) is 3.52. The average molecular weight is 235 g/mol. The maximum atomic E-state index is 9.51. The van der Waals surface area contributed by atoms with Crippen LogP contribution in [0.2, 0.25) is 5.02 Å². The Balaban J connectivity index is 2.46. The minimum Gasteiger partial charge on any atom is -0.506 e. The molecule has 0 fully saturated rings. The van der Waals surface area contributed by atoms with Gasteiger partial charge in [0, 0.05) is 0 Å². The second kappa shape index (κ2) is 4.56. The molecule has 0 saturated heterocycles. The van der Waals surface area contributed by atoms with Crippen molar-refractivity contribution in [3.05, 3.63) is 53.1 Å². The van der Waals surface area contributed by atoms with Crippen LogP contribution in [0.3, 0.4) is 0 Å². The maximum Gasteiger partial charge on any atom is 0.134 e. The standard InChI is InChI=1S/C13H11ClO2/c14-12-5-4-11(7-13(12)16)10-3-1-2-9(6-10)8-15/h1-7,15-16H,8H2. The van der Waals surface area contributed by atoms with Gasteiger partial charge in [0.05, 0.1) is 11.6 Å². The largest absolute Gasteiger partial charge is 0.506 e. The Hall–Kier alpha value is -1.51. The highest BCUT2D eigenvalue weighted by Crippen LogP contribution is 2.29. The first-order chi connectivity index (χ1) is 7.70. The molecule has 0 amide bonds. The molecule has 0 aliphatic carbocycles. The highest BCUT2D eigenvalue weighted by atomic mass is 35.5. The quantitative estimate of drug-likeness (QED) is 0.838. The summed E-state index contributed by atoms with van der Waals surface area (Å²) in [4.78, 5) is 0. The van der Waals surface area contributed by atoms with E-state index in [2.05, 4.69) is 0 Å². The van der Waals surface area contributed by atoms with Crippen molar-refractivity contribution in [3.63, 3.8) is 0 Å². The fraction of sp³-hybridized carbons (Fsp3) is 0.0769. The molecule has 2 rings (SSSR count). The van der Waals surface area contributed by atoms with Crippen LogP contribution in [0.15, 0.2) is 42.5 Å². The van der Waals surface area contributed by atoms with Gasteiger partial charge in [0.15, 0.2) is 0 Å². The number of aliphatic hydroxyl groups is 1. The molecule has 82 valence electrons. The highest BCUT2D eigenvalue weighted by molar-refractivity contribution is 6.32. The van der Waals surface area contributed by atoms with Gasteiger partial charge in [0.25, 0.3) is 0 Å². The lowest BCUT2D eigenvalue weighted by atomic mass is 10.0. The molecule has 0 saturated carbocycles. The maximum absolute atomic E-state index is 9.51. The zero-order chi connectivity index (χ0) is 11.5. The third kappa shape index (κ3) is 2.18. The van der Waals surface area contributed by atoms with Crippen LogP contribution in [0, 0.1) is 0 Å². The van der Waals surface area contributed by atoms with Crippen LogP contribution in [-0.2, 0) is 6.61 Å². The first-order valence-corrected chi connectivity index (χ1v) is 5.27. The van der Waals surface area contributed by atoms with E-state index in [-0.39, 0.29) is 12.4 Å². The molecule has 0 radical (unpaired) electrons. The lowest BCUT2D eigenvalue weighted by Gasteiger charge is -2.05. The molecule has 3 heteroatoms. The molecular formula is C13H11ClO2. The first kappa shape index (κ1) is 11.0. The summed E-state index contributed by atoms with van der Waals surface area (Å²) < 4.78 is 0. The van der Waals surface area contributed by atoms with Gasteiger partial charge >= 0.3 is 0 Å². The minimum atomic E-state index is 0.00735. The summed E-state index contributed by atoms with van der Waals surface area (Å²) in [7, 11) is 0. The Kier molecular flexibility index (Phi) is 3.13. The van der Waals surface area contributed by atoms with Crippen molar-refractivity contribution in [2.24, 2.45) is 0 Å². The molecule has 2 aromatic carbocycles. The zero-order valence-electron chi connectivity index (χ0n) is 8.52. The molecule has 0 spiro atoms. The molecule has 2 nitrogen and oxygen atoms in total. The molecule has 0 aliphatic rings. The van der Waals surface area contributed by atoms with E-state index in [4.69, 9.17) is 16.7 Å². The Morgan fingerprint density at radius 2 is 1.75 bits per heavy atom. The van der Waals surface area contributed by atoms with Crippen LogP contribution < -0.4 is 0 Å². The molecule has 0 heterocycles. The molecule has 16 heavy (non-hydrogen) atoms. The Morgan fingerprint density at radius 3 is 2.44 bits per heavy atom. The van der Waals surface area contributed by atoms with Crippen molar-refractivity contribution in [3.8, 4) is 16.9 Å². The average Bonchev–Trinajstić information content (AvgIpc) is 2.33. The summed E-state index contributed by atoms with van der Waals surface area (Å²) >= 11 is 5.74. The summed E-state index contributed by atoms with van der Waals surface area (Å²) in [5.74, 6) is 0.0635. The van der Waals surface area contributed by atoms with E-state index < -0.39 is 0 Å². The van der Waals surface area contributed by atoms with Crippen molar-refractivity contribution >= 4 is 11.6 Å². The van der Waals surface area contributed by atoms with Crippen molar-refractivity contribution in [1.29, 1.82) is 0 Å². The summed E-state index contributed by atoms with van der Waals surface area (Å²) in [6.45, 7) is 0.00735. The van der Waals surface area contributed by atoms with E-state index in [1.54, 1.807) is 12.1 Å². The van der Waals surface area contributed by atoms with E-state index in [9.17, 15) is 5.11 Å². The fourth-order valence-electron chi connectivity index (χ4n) is 1.54. The zero-order valence-corrected chi connectivity index (χ0v) is 9.28. The number of rotatable bonds is 2. The lowest BCUT2D eigenvalue weighted by molar-refractivity contribution is 0.282. The number of hydrogen-bond acceptors (Lipinski definition) is 2. The van der Waals surface area contributed by atoms with Gasteiger partial charge in [-0.1, -0.05) is 35.9 Å². The van der Waals surface area contributed by atoms with Gasteiger partial charge < -0.3 is 10.2 Å². The summed E-state index contributed by atoms with van der Waals surface area (Å²) in [6.07, 6.45) is 0. The van der Waals surface area contributed by atoms with Crippen molar-refractivity contribution < 1.29 is 10.2 Å². The van der Waals surface area contributed by atoms with Crippen LogP contribution in [0.4, 0.5) is 0 Å². The third-order valence-corrected chi connectivity index (χ3v) is 2.71. The van der Waals surface area contributed by atoms with Gasteiger partial charge in [0.1, 0.15) is 5.75 Å². The van der Waals surface area contributed by atoms with Crippen molar-refractivity contribution in [1.82, 2.24) is 0 Å². The smallest absolute Gasteiger partial charge is 0.134 e. The van der Waals surface area contributed by atoms with Gasteiger partial charge in [-0.15, -0.1) is 0 Å². The molecule has 0 atom stereocenters. The number of phenols is 1. The normalized spacial score (nSPS) is 10.4.